The SMILES string of the molecule is CCCCOCCNC(=O)NC[C@H](O)C(=O)O. The Hall–Kier alpha value is -1.34. The quantitative estimate of drug-likeness (QED) is 0.413. The standard InChI is InChI=1S/C10H20N2O5/c1-2-3-5-17-6-4-11-10(16)12-7-8(13)9(14)15/h8,13H,2-7H2,1H3,(H,14,15)(H2,11,12,16)/t8-/m0/s1. The molecule has 0 heterocycles. The largest absolute Gasteiger partial charge is 0.479 e. The molecule has 0 aromatic carbocycles. The average Bonchev–Trinajstić information content (AvgIpc) is 2.30. The number of nitrogens with one attached hydrogen (secondary N) is 2. The predicted octanol–water partition coefficient (Wildman–Crippen LogP) is -0.452. The molecule has 7 nitrogen and oxygen atoms in total. The van der Waals surface area contributed by atoms with E-state index in [0.717, 1.165) is 12.8 Å². The first-order valence-corrected chi connectivity index (χ1v) is 5.58. The molecule has 0 aliphatic heterocycles. The lowest BCUT2D eigenvalue weighted by Gasteiger charge is -2.09. The topological polar surface area (TPSA) is 108 Å². The molecule has 0 rings (SSSR count). The molecule has 0 fully saturated rings. The summed E-state index contributed by atoms with van der Waals surface area (Å²) in [4.78, 5) is 21.3. The number of rotatable bonds is 9. The maximum Gasteiger partial charge on any atom is 0.334 e. The lowest BCUT2D eigenvalue weighted by molar-refractivity contribution is -0.146. The molecule has 17 heavy (non-hydrogen) atoms. The van der Waals surface area contributed by atoms with Crippen molar-refractivity contribution >= 4 is 12.0 Å². The van der Waals surface area contributed by atoms with Gasteiger partial charge in [0.1, 0.15) is 0 Å². The Balaban J connectivity index is 3.38. The summed E-state index contributed by atoms with van der Waals surface area (Å²) in [6.07, 6.45) is 0.458. The molecule has 0 spiro atoms. The van der Waals surface area contributed by atoms with Crippen LogP contribution in [0.25, 0.3) is 0 Å². The Morgan fingerprint density at radius 3 is 2.59 bits per heavy atom. The van der Waals surface area contributed by atoms with E-state index in [1.54, 1.807) is 0 Å². The van der Waals surface area contributed by atoms with Crippen molar-refractivity contribution in [3.8, 4) is 0 Å². The van der Waals surface area contributed by atoms with Crippen molar-refractivity contribution in [1.29, 1.82) is 0 Å². The molecule has 0 radical (unpaired) electrons. The van der Waals surface area contributed by atoms with Crippen LogP contribution in [0, 0.1) is 0 Å². The molecule has 7 heteroatoms. The van der Waals surface area contributed by atoms with Crippen molar-refractivity contribution in [1.82, 2.24) is 10.6 Å². The number of carboxylic acid groups (broad SMARTS) is 1. The van der Waals surface area contributed by atoms with E-state index in [1.165, 1.54) is 0 Å². The molecule has 0 aliphatic carbocycles. The molecule has 0 aliphatic rings. The van der Waals surface area contributed by atoms with Crippen LogP contribution in [0.1, 0.15) is 19.8 Å². The number of amides is 2. The number of aliphatic carboxylic acids is 1. The zero-order valence-electron chi connectivity index (χ0n) is 9.94. The van der Waals surface area contributed by atoms with Crippen LogP contribution in [0.15, 0.2) is 0 Å². The molecule has 0 saturated heterocycles. The minimum absolute atomic E-state index is 0.322. The second-order valence-electron chi connectivity index (χ2n) is 3.46. The summed E-state index contributed by atoms with van der Waals surface area (Å²) < 4.78 is 5.20. The maximum absolute atomic E-state index is 11.1. The van der Waals surface area contributed by atoms with Crippen molar-refractivity contribution in [3.05, 3.63) is 0 Å². The van der Waals surface area contributed by atoms with Crippen molar-refractivity contribution in [2.75, 3.05) is 26.3 Å². The number of aliphatic hydroxyl groups excluding tert-OH is 1. The van der Waals surface area contributed by atoms with E-state index < -0.39 is 18.1 Å². The van der Waals surface area contributed by atoms with Gasteiger partial charge in [-0.25, -0.2) is 9.59 Å². The first-order chi connectivity index (χ1) is 8.07. The fourth-order valence-electron chi connectivity index (χ4n) is 0.924. The fourth-order valence-corrected chi connectivity index (χ4v) is 0.924. The molecule has 100 valence electrons. The molecule has 0 bridgehead atoms. The van der Waals surface area contributed by atoms with Crippen LogP contribution < -0.4 is 10.6 Å². The summed E-state index contributed by atoms with van der Waals surface area (Å²) in [6, 6.07) is -0.524. The summed E-state index contributed by atoms with van der Waals surface area (Å²) in [6.45, 7) is 3.16. The highest BCUT2D eigenvalue weighted by molar-refractivity contribution is 5.76. The van der Waals surface area contributed by atoms with Crippen LogP contribution in [-0.2, 0) is 9.53 Å². The molecule has 0 aromatic rings. The summed E-state index contributed by atoms with van der Waals surface area (Å²) in [5, 5.41) is 21.9. The van der Waals surface area contributed by atoms with Crippen molar-refractivity contribution in [2.45, 2.75) is 25.9 Å². The Kier molecular flexibility index (Phi) is 9.08. The van der Waals surface area contributed by atoms with Crippen molar-refractivity contribution in [3.63, 3.8) is 0 Å². The first kappa shape index (κ1) is 15.7. The van der Waals surface area contributed by atoms with Gasteiger partial charge in [0.2, 0.25) is 0 Å². The van der Waals surface area contributed by atoms with Crippen LogP contribution in [0.5, 0.6) is 0 Å². The smallest absolute Gasteiger partial charge is 0.334 e. The van der Waals surface area contributed by atoms with Crippen molar-refractivity contribution in [2.24, 2.45) is 0 Å². The number of carboxylic acids is 1. The molecule has 0 unspecified atom stereocenters. The molecular formula is C10H20N2O5. The van der Waals surface area contributed by atoms with Gasteiger partial charge in [0.05, 0.1) is 13.2 Å². The number of carbonyl (C=O) groups excluding carboxylic acids is 1. The van der Waals surface area contributed by atoms with Crippen LogP contribution in [0.4, 0.5) is 4.79 Å². The highest BCUT2D eigenvalue weighted by Gasteiger charge is 2.13. The minimum atomic E-state index is -1.58. The van der Waals surface area contributed by atoms with Gasteiger partial charge in [-0.05, 0) is 6.42 Å². The zero-order valence-corrected chi connectivity index (χ0v) is 9.94. The monoisotopic (exact) mass is 248 g/mol. The van der Waals surface area contributed by atoms with E-state index in [0.29, 0.717) is 19.8 Å². The fraction of sp³-hybridized carbons (Fsp3) is 0.800. The average molecular weight is 248 g/mol. The van der Waals surface area contributed by atoms with E-state index in [9.17, 15) is 9.59 Å². The van der Waals surface area contributed by atoms with Gasteiger partial charge in [-0.2, -0.15) is 0 Å². The summed E-state index contributed by atoms with van der Waals surface area (Å²) in [5.41, 5.74) is 0. The van der Waals surface area contributed by atoms with Gasteiger partial charge in [0.25, 0.3) is 0 Å². The molecule has 1 atom stereocenters. The van der Waals surface area contributed by atoms with E-state index in [2.05, 4.69) is 17.6 Å². The Labute approximate surface area is 100 Å². The third kappa shape index (κ3) is 9.58. The number of carbonyl (C=O) groups is 2. The lowest BCUT2D eigenvalue weighted by atomic mass is 10.4. The molecular weight excluding hydrogens is 228 g/mol. The summed E-state index contributed by atoms with van der Waals surface area (Å²) in [5.74, 6) is -1.37. The third-order valence-electron chi connectivity index (χ3n) is 1.92. The van der Waals surface area contributed by atoms with E-state index >= 15 is 0 Å². The Morgan fingerprint density at radius 1 is 1.29 bits per heavy atom. The van der Waals surface area contributed by atoms with E-state index in [4.69, 9.17) is 14.9 Å². The maximum atomic E-state index is 11.1. The van der Waals surface area contributed by atoms with Gasteiger partial charge in [-0.15, -0.1) is 0 Å². The zero-order chi connectivity index (χ0) is 13.1. The van der Waals surface area contributed by atoms with Crippen LogP contribution in [0.2, 0.25) is 0 Å². The second kappa shape index (κ2) is 9.86. The number of unbranched alkanes of at least 4 members (excludes halogenated alkanes) is 1. The highest BCUT2D eigenvalue weighted by atomic mass is 16.5. The van der Waals surface area contributed by atoms with Gasteiger partial charge < -0.3 is 25.6 Å². The summed E-state index contributed by atoms with van der Waals surface area (Å²) in [7, 11) is 0. The van der Waals surface area contributed by atoms with E-state index in [1.807, 2.05) is 0 Å². The number of urea groups is 1. The Morgan fingerprint density at radius 2 is 2.00 bits per heavy atom. The predicted molar refractivity (Wildman–Crippen MR) is 60.8 cm³/mol. The third-order valence-corrected chi connectivity index (χ3v) is 1.92. The summed E-state index contributed by atoms with van der Waals surface area (Å²) >= 11 is 0. The first-order valence-electron chi connectivity index (χ1n) is 5.58. The van der Waals surface area contributed by atoms with Gasteiger partial charge in [0.15, 0.2) is 6.10 Å². The van der Waals surface area contributed by atoms with Gasteiger partial charge >= 0.3 is 12.0 Å². The minimum Gasteiger partial charge on any atom is -0.479 e. The van der Waals surface area contributed by atoms with Gasteiger partial charge in [0, 0.05) is 13.2 Å². The van der Waals surface area contributed by atoms with E-state index in [-0.39, 0.29) is 6.54 Å². The molecule has 0 aromatic heterocycles. The van der Waals surface area contributed by atoms with Gasteiger partial charge in [-0.1, -0.05) is 13.3 Å². The van der Waals surface area contributed by atoms with Crippen LogP contribution in [-0.4, -0.2) is 54.6 Å². The lowest BCUT2D eigenvalue weighted by Crippen LogP contribution is -2.42. The molecule has 2 amide bonds. The highest BCUT2D eigenvalue weighted by Crippen LogP contribution is 1.86. The molecule has 0 saturated carbocycles. The number of hydrogen-bond acceptors (Lipinski definition) is 4. The van der Waals surface area contributed by atoms with Crippen LogP contribution in [0.3, 0.4) is 0 Å². The van der Waals surface area contributed by atoms with Gasteiger partial charge in [-0.3, -0.25) is 0 Å². The number of hydrogen-bond donors (Lipinski definition) is 4. The second-order valence-corrected chi connectivity index (χ2v) is 3.46. The number of aliphatic hydroxyl groups is 1. The number of ether oxygens (including phenoxy) is 1. The Bertz CT molecular complexity index is 235. The van der Waals surface area contributed by atoms with Crippen LogP contribution >= 0.6 is 0 Å². The normalized spacial score (nSPS) is 11.9. The molecule has 4 N–H and O–H groups in total. The van der Waals surface area contributed by atoms with Crippen molar-refractivity contribution < 1.29 is 24.5 Å².